The second-order valence-electron chi connectivity index (χ2n) is 16.5. The molecular weight excluding hydrogens is 1040 g/mol. The maximum Gasteiger partial charge on any atom is 0.326 e. The highest BCUT2D eigenvalue weighted by atomic mass is 32.4. The summed E-state index contributed by atoms with van der Waals surface area (Å²) in [5.74, 6) is 2.59. The lowest BCUT2D eigenvalue weighted by Gasteiger charge is -2.35. The fourth-order valence-electron chi connectivity index (χ4n) is 7.36. The predicted octanol–water partition coefficient (Wildman–Crippen LogP) is 11.9. The molecule has 0 fully saturated rings. The molecule has 12 nitrogen and oxygen atoms in total. The van der Waals surface area contributed by atoms with Crippen molar-refractivity contribution in [2.24, 2.45) is 20.4 Å². The summed E-state index contributed by atoms with van der Waals surface area (Å²) in [7, 11) is 4.45. The second kappa shape index (κ2) is 24.4. The third kappa shape index (κ3) is 12.7. The molecule has 0 radical (unpaired) electrons. The molecule has 0 N–H and O–H groups in total. The van der Waals surface area contributed by atoms with Crippen LogP contribution in [0.1, 0.15) is 22.3 Å². The van der Waals surface area contributed by atoms with Crippen molar-refractivity contribution < 1.29 is 18.1 Å². The zero-order valence-electron chi connectivity index (χ0n) is 40.9. The van der Waals surface area contributed by atoms with Crippen LogP contribution in [0.15, 0.2) is 239 Å². The normalized spacial score (nSPS) is 21.4. The lowest BCUT2D eigenvalue weighted by molar-refractivity contribution is 0.501. The van der Waals surface area contributed by atoms with Crippen LogP contribution in [0.3, 0.4) is 0 Å². The first-order valence-electron chi connectivity index (χ1n) is 23.3. The summed E-state index contributed by atoms with van der Waals surface area (Å²) < 4.78 is 33.7. The van der Waals surface area contributed by atoms with Crippen LogP contribution in [0.5, 0.6) is 23.0 Å². The summed E-state index contributed by atoms with van der Waals surface area (Å²) in [5.41, 5.74) is 3.45. The fourth-order valence-corrected chi connectivity index (χ4v) is 15.1. The van der Waals surface area contributed by atoms with E-state index in [0.717, 1.165) is 43.5 Å². The van der Waals surface area contributed by atoms with Crippen molar-refractivity contribution in [3.05, 3.63) is 241 Å². The van der Waals surface area contributed by atoms with Crippen molar-refractivity contribution in [2.45, 2.75) is 0 Å². The maximum atomic E-state index is 6.58. The van der Waals surface area contributed by atoms with E-state index in [2.05, 4.69) is 0 Å². The number of hydrogen-bond donors (Lipinski definition) is 0. The van der Waals surface area contributed by atoms with E-state index in [4.69, 9.17) is 62.1 Å². The second-order valence-corrected chi connectivity index (χ2v) is 27.9. The van der Waals surface area contributed by atoms with Crippen LogP contribution in [-0.4, -0.2) is 72.2 Å². The Morgan fingerprint density at radius 2 is 0.527 bits per heavy atom. The Bertz CT molecular complexity index is 2950. The van der Waals surface area contributed by atoms with E-state index in [1.807, 2.05) is 266 Å². The molecule has 8 aromatic rings. The summed E-state index contributed by atoms with van der Waals surface area (Å²) in [6, 6.07) is 70.9. The molecule has 0 aromatic heterocycles. The van der Waals surface area contributed by atoms with Gasteiger partial charge >= 0.3 is 16.8 Å². The van der Waals surface area contributed by atoms with Crippen molar-refractivity contribution in [1.82, 2.24) is 19.1 Å². The molecule has 8 bridgehead atoms. The highest BCUT2D eigenvalue weighted by Crippen LogP contribution is 2.52. The van der Waals surface area contributed by atoms with E-state index in [9.17, 15) is 0 Å². The van der Waals surface area contributed by atoms with Crippen LogP contribution in [0, 0.1) is 0 Å². The van der Waals surface area contributed by atoms with Crippen LogP contribution in [0.4, 0.5) is 0 Å². The minimum Gasteiger partial charge on any atom is -0.435 e. The topological polar surface area (TPSA) is 99.3 Å². The van der Waals surface area contributed by atoms with E-state index in [1.165, 1.54) is 0 Å². The molecule has 74 heavy (non-hydrogen) atoms. The quantitative estimate of drug-likeness (QED) is 0.158. The van der Waals surface area contributed by atoms with Gasteiger partial charge in [0, 0.05) is 38.8 Å². The van der Waals surface area contributed by atoms with Crippen LogP contribution in [0.25, 0.3) is 0 Å². The van der Waals surface area contributed by atoms with Crippen LogP contribution in [0.2, 0.25) is 0 Å². The Labute approximate surface area is 446 Å². The maximum absolute atomic E-state index is 6.58. The first kappa shape index (κ1) is 51.9. The van der Waals surface area contributed by atoms with Gasteiger partial charge in [0.1, 0.15) is 23.0 Å². The molecule has 0 aliphatic carbocycles. The Hall–Kier alpha value is -7.00. The zero-order chi connectivity index (χ0) is 51.3. The zero-order valence-corrected chi connectivity index (χ0v) is 46.1. The Balaban J connectivity index is 1.04. The summed E-state index contributed by atoms with van der Waals surface area (Å²) >= 11 is 13.0. The molecule has 372 valence electrons. The van der Waals surface area contributed by atoms with Crippen molar-refractivity contribution >= 4 is 99.1 Å². The molecule has 0 saturated carbocycles. The molecule has 8 aromatic carbocycles. The number of hydrazone groups is 4. The summed E-state index contributed by atoms with van der Waals surface area (Å²) in [6.45, 7) is 0. The van der Waals surface area contributed by atoms with Gasteiger partial charge < -0.3 is 18.1 Å². The summed E-state index contributed by atoms with van der Waals surface area (Å²) in [6.07, 6.45) is 1.69. The lowest BCUT2D eigenvalue weighted by atomic mass is 10.2. The lowest BCUT2D eigenvalue weighted by Crippen LogP contribution is -2.27. The fraction of sp³-hybridized carbons (Fsp3) is 0.0714. The van der Waals surface area contributed by atoms with E-state index >= 15 is 0 Å². The molecule has 7 heterocycles. The van der Waals surface area contributed by atoms with Crippen molar-refractivity contribution in [3.8, 4) is 23.0 Å². The van der Waals surface area contributed by atoms with E-state index in [0.29, 0.717) is 23.0 Å². The molecule has 0 unspecified atom stereocenters. The van der Waals surface area contributed by atoms with Gasteiger partial charge in [-0.1, -0.05) is 97.1 Å². The van der Waals surface area contributed by atoms with Crippen LogP contribution >= 0.6 is 29.4 Å². The van der Waals surface area contributed by atoms with Gasteiger partial charge in [0.05, 0.1) is 35.5 Å². The minimum absolute atomic E-state index is 0.648. The molecule has 18 heteroatoms. The van der Waals surface area contributed by atoms with E-state index in [-0.39, 0.29) is 0 Å². The van der Waals surface area contributed by atoms with Gasteiger partial charge in [-0.15, -0.1) is 0 Å². The molecular formula is C56H52N8O4P4S2. The molecule has 0 amide bonds. The van der Waals surface area contributed by atoms with Gasteiger partial charge in [0.25, 0.3) is 0 Å². The highest BCUT2D eigenvalue weighted by Gasteiger charge is 2.31. The Morgan fingerprint density at radius 1 is 0.311 bits per heavy atom. The third-order valence-corrected chi connectivity index (χ3v) is 24.0. The number of benzene rings is 8. The highest BCUT2D eigenvalue weighted by molar-refractivity contribution is 8.16. The van der Waals surface area contributed by atoms with Crippen molar-refractivity contribution in [2.75, 3.05) is 28.2 Å². The SMILES string of the molecule is CN1/N=C/c2ccc(cc2)OP(c2ccccc2)Oc2ccc(cc2)/C=N/N(C)P(=S)(c2ccccc2)N(C)/N=C/c2ccc(cc2)OP(c2ccccc2)Oc2ccc(cc2)/C=N/N(C)P1(=S)c1ccccc1. The largest absolute Gasteiger partial charge is 0.435 e. The van der Waals surface area contributed by atoms with E-state index in [1.54, 1.807) is 24.9 Å². The standard InChI is InChI=1S/C56H52N8O4P4S2/c1-61-57-41-45-25-33-49(34-26-45)65-69(53-17-9-5-10-18-53)67-51-37-29-47(30-38-51)43-59-63(3)72(74,56-23-15-8-16-24-56)64(4)60-44-48-31-39-52(40-32-48)68-70(54-19-11-6-12-20-54)66-50-35-27-46(28-36-50)42-58-62(2)71(61,73)55-21-13-7-14-22-55/h5-44H,1-4H3/b57-41+,58-42+,59-43+,60-44+. The number of nitrogens with zero attached hydrogens (tertiary/aromatic N) is 8. The van der Waals surface area contributed by atoms with Gasteiger partial charge in [-0.3, -0.25) is 0 Å². The Kier molecular flexibility index (Phi) is 17.1. The van der Waals surface area contributed by atoms with Gasteiger partial charge in [-0.2, -0.15) is 20.4 Å². The van der Waals surface area contributed by atoms with Gasteiger partial charge in [-0.05, 0) is 167 Å². The number of rotatable bonds is 4. The average molecular weight is 1090 g/mol. The van der Waals surface area contributed by atoms with Crippen molar-refractivity contribution in [3.63, 3.8) is 0 Å². The van der Waals surface area contributed by atoms with Gasteiger partial charge in [0.2, 0.25) is 0 Å². The average Bonchev–Trinajstić information content (AvgIpc) is 3.46. The first-order valence-corrected chi connectivity index (χ1v) is 31.1. The summed E-state index contributed by atoms with van der Waals surface area (Å²) in [5, 5.41) is 23.3. The van der Waals surface area contributed by atoms with Crippen LogP contribution in [-0.2, 0) is 23.6 Å². The molecule has 0 saturated heterocycles. The smallest absolute Gasteiger partial charge is 0.326 e. The predicted molar refractivity (Wildman–Crippen MR) is 316 cm³/mol. The van der Waals surface area contributed by atoms with Gasteiger partial charge in [0.15, 0.2) is 12.7 Å². The molecule has 0 spiro atoms. The minimum atomic E-state index is -2.75. The molecule has 15 rings (SSSR count). The summed E-state index contributed by atoms with van der Waals surface area (Å²) in [4.78, 5) is 0. The molecule has 7 aliphatic rings. The van der Waals surface area contributed by atoms with E-state index < -0.39 is 29.4 Å². The first-order chi connectivity index (χ1) is 36.0. The molecule has 7 aliphatic heterocycles. The van der Waals surface area contributed by atoms with Crippen LogP contribution < -0.4 is 39.3 Å². The monoisotopic (exact) mass is 1090 g/mol. The third-order valence-electron chi connectivity index (χ3n) is 11.5. The molecule has 0 atom stereocenters. The number of hydrogen-bond acceptors (Lipinski definition) is 10. The van der Waals surface area contributed by atoms with Crippen molar-refractivity contribution in [1.29, 1.82) is 0 Å². The Morgan fingerprint density at radius 3 is 0.757 bits per heavy atom. The van der Waals surface area contributed by atoms with Gasteiger partial charge in [-0.25, -0.2) is 19.1 Å².